The number of alkyl halides is 3. The van der Waals surface area contributed by atoms with Gasteiger partial charge in [0, 0.05) is 22.0 Å². The second-order valence-electron chi connectivity index (χ2n) is 6.31. The van der Waals surface area contributed by atoms with Gasteiger partial charge in [0.05, 0.1) is 15.8 Å². The van der Waals surface area contributed by atoms with Crippen LogP contribution in [0, 0.1) is 0 Å². The zero-order valence-electron chi connectivity index (χ0n) is 14.5. The van der Waals surface area contributed by atoms with E-state index in [9.17, 15) is 13.2 Å². The summed E-state index contributed by atoms with van der Waals surface area (Å²) in [6.45, 7) is 0. The van der Waals surface area contributed by atoms with Gasteiger partial charge in [0.1, 0.15) is 5.82 Å². The van der Waals surface area contributed by atoms with Crippen molar-refractivity contribution in [2.45, 2.75) is 6.18 Å². The Morgan fingerprint density at radius 3 is 2.69 bits per heavy atom. The number of rotatable bonds is 3. The highest BCUT2D eigenvalue weighted by atomic mass is 32.1. The van der Waals surface area contributed by atoms with Gasteiger partial charge in [0.15, 0.2) is 5.82 Å². The van der Waals surface area contributed by atoms with Crippen LogP contribution in [0.4, 0.5) is 24.7 Å². The quantitative estimate of drug-likeness (QED) is 0.415. The van der Waals surface area contributed by atoms with E-state index < -0.39 is 11.7 Å². The monoisotopic (exact) mass is 412 g/mol. The predicted octanol–water partition coefficient (Wildman–Crippen LogP) is 5.39. The number of anilines is 2. The van der Waals surface area contributed by atoms with Crippen molar-refractivity contribution in [1.82, 2.24) is 25.6 Å². The molecule has 0 radical (unpaired) electrons. The lowest BCUT2D eigenvalue weighted by Gasteiger charge is -2.12. The van der Waals surface area contributed by atoms with E-state index in [0.717, 1.165) is 33.2 Å². The molecule has 0 bridgehead atoms. The van der Waals surface area contributed by atoms with E-state index >= 15 is 0 Å². The van der Waals surface area contributed by atoms with E-state index in [1.165, 1.54) is 17.4 Å². The van der Waals surface area contributed by atoms with Crippen LogP contribution in [-0.4, -0.2) is 25.6 Å². The normalized spacial score (nSPS) is 12.0. The molecule has 5 aromatic rings. The standard InChI is InChI=1S/C19H11F3N6S/c20-19(21,22)11-2-1-3-12(9-11)23-18-16-14(6-7-29-16)13-5-4-10(8-15(13)24-18)17-25-27-28-26-17/h1-9H,(H,23,24)(H,25,26,27,28). The molecule has 3 aromatic heterocycles. The molecule has 0 atom stereocenters. The van der Waals surface area contributed by atoms with Gasteiger partial charge in [-0.15, -0.1) is 16.4 Å². The van der Waals surface area contributed by atoms with Gasteiger partial charge < -0.3 is 5.32 Å². The Balaban J connectivity index is 1.64. The second-order valence-corrected chi connectivity index (χ2v) is 7.23. The van der Waals surface area contributed by atoms with Gasteiger partial charge in [-0.2, -0.15) is 13.2 Å². The van der Waals surface area contributed by atoms with Crippen LogP contribution in [0.15, 0.2) is 53.9 Å². The number of nitrogens with one attached hydrogen (secondary N) is 2. The number of hydrogen-bond acceptors (Lipinski definition) is 6. The maximum Gasteiger partial charge on any atom is 0.416 e. The average molecular weight is 412 g/mol. The molecule has 144 valence electrons. The highest BCUT2D eigenvalue weighted by Gasteiger charge is 2.30. The molecule has 0 spiro atoms. The summed E-state index contributed by atoms with van der Waals surface area (Å²) in [5, 5.41) is 20.6. The third-order valence-electron chi connectivity index (χ3n) is 4.47. The van der Waals surface area contributed by atoms with E-state index in [0.29, 0.717) is 22.8 Å². The lowest BCUT2D eigenvalue weighted by molar-refractivity contribution is -0.137. The van der Waals surface area contributed by atoms with Crippen LogP contribution in [0.3, 0.4) is 0 Å². The van der Waals surface area contributed by atoms with Crippen LogP contribution in [0.5, 0.6) is 0 Å². The first-order valence-corrected chi connectivity index (χ1v) is 9.36. The van der Waals surface area contributed by atoms with Crippen LogP contribution in [0.1, 0.15) is 5.56 Å². The summed E-state index contributed by atoms with van der Waals surface area (Å²) in [6.07, 6.45) is -4.41. The zero-order chi connectivity index (χ0) is 20.0. The fourth-order valence-corrected chi connectivity index (χ4v) is 4.00. The van der Waals surface area contributed by atoms with E-state index in [2.05, 4.69) is 30.9 Å². The molecule has 6 nitrogen and oxygen atoms in total. The Bertz CT molecular complexity index is 1330. The predicted molar refractivity (Wildman–Crippen MR) is 105 cm³/mol. The largest absolute Gasteiger partial charge is 0.416 e. The number of pyridine rings is 1. The van der Waals surface area contributed by atoms with Crippen LogP contribution < -0.4 is 5.32 Å². The Morgan fingerprint density at radius 2 is 1.90 bits per heavy atom. The first-order chi connectivity index (χ1) is 14.0. The average Bonchev–Trinajstić information content (AvgIpc) is 3.39. The van der Waals surface area contributed by atoms with E-state index in [4.69, 9.17) is 0 Å². The fourth-order valence-electron chi connectivity index (χ4n) is 3.15. The third kappa shape index (κ3) is 3.17. The minimum Gasteiger partial charge on any atom is -0.339 e. The van der Waals surface area contributed by atoms with Gasteiger partial charge in [0.2, 0.25) is 0 Å². The van der Waals surface area contributed by atoms with Crippen molar-refractivity contribution in [2.24, 2.45) is 0 Å². The number of tetrazole rings is 1. The summed E-state index contributed by atoms with van der Waals surface area (Å²) < 4.78 is 40.0. The van der Waals surface area contributed by atoms with Crippen LogP contribution in [-0.2, 0) is 6.18 Å². The van der Waals surface area contributed by atoms with Gasteiger partial charge in [-0.25, -0.2) is 10.1 Å². The maximum atomic E-state index is 13.0. The molecule has 2 N–H and O–H groups in total. The topological polar surface area (TPSA) is 79.4 Å². The number of fused-ring (bicyclic) bond motifs is 3. The molecule has 5 rings (SSSR count). The number of thiophene rings is 1. The van der Waals surface area contributed by atoms with Gasteiger partial charge in [-0.1, -0.05) is 18.2 Å². The third-order valence-corrected chi connectivity index (χ3v) is 5.39. The molecule has 29 heavy (non-hydrogen) atoms. The summed E-state index contributed by atoms with van der Waals surface area (Å²) in [5.41, 5.74) is 1.04. The van der Waals surface area contributed by atoms with Crippen molar-refractivity contribution in [3.8, 4) is 11.4 Å². The summed E-state index contributed by atoms with van der Waals surface area (Å²) in [7, 11) is 0. The van der Waals surface area contributed by atoms with E-state index in [1.54, 1.807) is 6.07 Å². The second kappa shape index (κ2) is 6.52. The number of H-pyrrole nitrogens is 1. The number of hydrogen-bond donors (Lipinski definition) is 2. The first-order valence-electron chi connectivity index (χ1n) is 8.48. The fraction of sp³-hybridized carbons (Fsp3) is 0.0526. The van der Waals surface area contributed by atoms with Gasteiger partial charge in [0.25, 0.3) is 0 Å². The van der Waals surface area contributed by atoms with E-state index in [-0.39, 0.29) is 0 Å². The van der Waals surface area contributed by atoms with Crippen molar-refractivity contribution in [2.75, 3.05) is 5.32 Å². The lowest BCUT2D eigenvalue weighted by atomic mass is 10.1. The molecule has 10 heteroatoms. The number of aromatic amines is 1. The van der Waals surface area contributed by atoms with Crippen molar-refractivity contribution >= 4 is 43.8 Å². The Hall–Kier alpha value is -3.53. The van der Waals surface area contributed by atoms with Crippen molar-refractivity contribution in [3.05, 3.63) is 59.5 Å². The molecule has 0 aliphatic carbocycles. The summed E-state index contributed by atoms with van der Waals surface area (Å²) >= 11 is 1.47. The van der Waals surface area contributed by atoms with Crippen molar-refractivity contribution < 1.29 is 13.2 Å². The zero-order valence-corrected chi connectivity index (χ0v) is 15.3. The lowest BCUT2D eigenvalue weighted by Crippen LogP contribution is -2.05. The highest BCUT2D eigenvalue weighted by molar-refractivity contribution is 7.18. The molecular weight excluding hydrogens is 401 g/mol. The van der Waals surface area contributed by atoms with Crippen LogP contribution in [0.2, 0.25) is 0 Å². The first kappa shape index (κ1) is 17.6. The molecule has 0 aliphatic rings. The molecule has 0 saturated heterocycles. The summed E-state index contributed by atoms with van der Waals surface area (Å²) in [4.78, 5) is 4.67. The van der Waals surface area contributed by atoms with Crippen molar-refractivity contribution in [1.29, 1.82) is 0 Å². The number of nitrogens with zero attached hydrogens (tertiary/aromatic N) is 4. The number of benzene rings is 2. The molecular formula is C19H11F3N6S. The molecule has 2 aromatic carbocycles. The van der Waals surface area contributed by atoms with Crippen LogP contribution >= 0.6 is 11.3 Å². The Labute approximate surface area is 165 Å². The smallest absolute Gasteiger partial charge is 0.339 e. The number of aromatic nitrogens is 5. The number of halogens is 3. The molecule has 0 aliphatic heterocycles. The minimum absolute atomic E-state index is 0.317. The van der Waals surface area contributed by atoms with Crippen molar-refractivity contribution in [3.63, 3.8) is 0 Å². The highest BCUT2D eigenvalue weighted by Crippen LogP contribution is 2.37. The maximum absolute atomic E-state index is 13.0. The van der Waals surface area contributed by atoms with Crippen LogP contribution in [0.25, 0.3) is 32.4 Å². The van der Waals surface area contributed by atoms with Gasteiger partial charge >= 0.3 is 6.18 Å². The Kier molecular flexibility index (Phi) is 3.95. The molecule has 0 saturated carbocycles. The summed E-state index contributed by atoms with van der Waals surface area (Å²) in [6, 6.07) is 12.7. The van der Waals surface area contributed by atoms with Gasteiger partial charge in [-0.3, -0.25) is 0 Å². The van der Waals surface area contributed by atoms with Gasteiger partial charge in [-0.05, 0) is 46.1 Å². The molecule has 0 unspecified atom stereocenters. The minimum atomic E-state index is -4.41. The molecule has 0 amide bonds. The molecule has 0 fully saturated rings. The Morgan fingerprint density at radius 1 is 1.00 bits per heavy atom. The molecule has 3 heterocycles. The van der Waals surface area contributed by atoms with E-state index in [1.807, 2.05) is 29.6 Å². The summed E-state index contributed by atoms with van der Waals surface area (Å²) in [5.74, 6) is 1.00. The SMILES string of the molecule is FC(F)(F)c1cccc(Nc2nc3cc(-c4nnn[nH]4)ccc3c3ccsc23)c1.